The largest absolute Gasteiger partial charge is 0.336 e. The molecule has 1 aromatic carbocycles. The van der Waals surface area contributed by atoms with Gasteiger partial charge in [0, 0.05) is 16.9 Å². The number of para-hydroxylation sites is 1. The van der Waals surface area contributed by atoms with Gasteiger partial charge in [-0.1, -0.05) is 37.8 Å². The topological polar surface area (TPSA) is 3.24 Å². The maximum atomic E-state index is 4.14. The van der Waals surface area contributed by atoms with E-state index >= 15 is 0 Å². The van der Waals surface area contributed by atoms with Gasteiger partial charge < -0.3 is 4.90 Å². The summed E-state index contributed by atoms with van der Waals surface area (Å²) in [6.07, 6.45) is 3.44. The minimum Gasteiger partial charge on any atom is -0.336 e. The summed E-state index contributed by atoms with van der Waals surface area (Å²) in [4.78, 5) is 2.36. The second-order valence-electron chi connectivity index (χ2n) is 5.13. The van der Waals surface area contributed by atoms with Crippen molar-refractivity contribution in [3.05, 3.63) is 48.2 Å². The second kappa shape index (κ2) is 4.06. The lowest BCUT2D eigenvalue weighted by atomic mass is 9.85. The summed E-state index contributed by atoms with van der Waals surface area (Å²) in [6, 6.07) is 8.58. The molecule has 1 unspecified atom stereocenters. The highest BCUT2D eigenvalue weighted by Crippen LogP contribution is 2.41. The molecule has 1 aliphatic rings. The van der Waals surface area contributed by atoms with Gasteiger partial charge in [-0.25, -0.2) is 0 Å². The molecule has 0 N–H and O–H groups in total. The van der Waals surface area contributed by atoms with Crippen LogP contribution in [-0.4, -0.2) is 5.54 Å². The van der Waals surface area contributed by atoms with E-state index in [0.29, 0.717) is 0 Å². The minimum atomic E-state index is 0.0459. The van der Waals surface area contributed by atoms with Crippen LogP contribution in [0.4, 0.5) is 5.69 Å². The molecule has 0 fully saturated rings. The molecule has 17 heavy (non-hydrogen) atoms. The highest BCUT2D eigenvalue weighted by Gasteiger charge is 2.33. The molecule has 0 saturated carbocycles. The second-order valence-corrected chi connectivity index (χ2v) is 5.13. The lowest BCUT2D eigenvalue weighted by Gasteiger charge is -2.45. The van der Waals surface area contributed by atoms with Crippen LogP contribution in [-0.2, 0) is 0 Å². The van der Waals surface area contributed by atoms with Crippen molar-refractivity contribution in [2.24, 2.45) is 0 Å². The van der Waals surface area contributed by atoms with Gasteiger partial charge in [0.05, 0.1) is 5.54 Å². The third kappa shape index (κ3) is 1.80. The third-order valence-corrected chi connectivity index (χ3v) is 3.71. The van der Waals surface area contributed by atoms with Crippen molar-refractivity contribution >= 4 is 11.3 Å². The summed E-state index contributed by atoms with van der Waals surface area (Å²) in [5, 5.41) is 0. The maximum Gasteiger partial charge on any atom is 0.0605 e. The summed E-state index contributed by atoms with van der Waals surface area (Å²) >= 11 is 0. The molecular formula is C16H21N. The van der Waals surface area contributed by atoms with Crippen molar-refractivity contribution < 1.29 is 0 Å². The Morgan fingerprint density at radius 2 is 2.00 bits per heavy atom. The van der Waals surface area contributed by atoms with Gasteiger partial charge in [-0.05, 0) is 38.8 Å². The van der Waals surface area contributed by atoms with E-state index in [9.17, 15) is 0 Å². The van der Waals surface area contributed by atoms with Crippen LogP contribution in [0.5, 0.6) is 0 Å². The van der Waals surface area contributed by atoms with E-state index in [-0.39, 0.29) is 5.54 Å². The fraction of sp³-hybridized carbons (Fsp3) is 0.375. The molecule has 0 spiro atoms. The van der Waals surface area contributed by atoms with Gasteiger partial charge in [0.2, 0.25) is 0 Å². The minimum absolute atomic E-state index is 0.0459. The molecule has 0 radical (unpaired) electrons. The Kier molecular flexibility index (Phi) is 2.86. The quantitative estimate of drug-likeness (QED) is 0.713. The van der Waals surface area contributed by atoms with Crippen LogP contribution in [0.3, 0.4) is 0 Å². The van der Waals surface area contributed by atoms with Crippen molar-refractivity contribution in [3.63, 3.8) is 0 Å². The van der Waals surface area contributed by atoms with Crippen LogP contribution in [0.2, 0.25) is 0 Å². The average Bonchev–Trinajstić information content (AvgIpc) is 2.28. The molecule has 0 saturated heterocycles. The van der Waals surface area contributed by atoms with Crippen molar-refractivity contribution in [1.82, 2.24) is 0 Å². The Hall–Kier alpha value is -1.50. The number of hydrogen-bond donors (Lipinski definition) is 0. The summed E-state index contributed by atoms with van der Waals surface area (Å²) in [5.74, 6) is 0. The van der Waals surface area contributed by atoms with Gasteiger partial charge >= 0.3 is 0 Å². The number of allylic oxidation sites excluding steroid dienone is 2. The van der Waals surface area contributed by atoms with Crippen LogP contribution in [0.1, 0.15) is 39.7 Å². The van der Waals surface area contributed by atoms with E-state index in [1.54, 1.807) is 0 Å². The average molecular weight is 227 g/mol. The van der Waals surface area contributed by atoms with Crippen LogP contribution >= 0.6 is 0 Å². The maximum absolute atomic E-state index is 4.14. The van der Waals surface area contributed by atoms with Crippen molar-refractivity contribution in [2.45, 2.75) is 39.7 Å². The summed E-state index contributed by atoms with van der Waals surface area (Å²) in [6.45, 7) is 12.9. The number of nitrogens with zero attached hydrogens (tertiary/aromatic N) is 1. The van der Waals surface area contributed by atoms with Crippen LogP contribution in [0.15, 0.2) is 42.6 Å². The predicted octanol–water partition coefficient (Wildman–Crippen LogP) is 4.61. The number of hydrogen-bond acceptors (Lipinski definition) is 1. The molecule has 0 aliphatic carbocycles. The van der Waals surface area contributed by atoms with E-state index < -0.39 is 0 Å². The first kappa shape index (κ1) is 12.0. The summed E-state index contributed by atoms with van der Waals surface area (Å²) in [5.41, 5.74) is 5.11. The zero-order valence-corrected chi connectivity index (χ0v) is 11.2. The smallest absolute Gasteiger partial charge is 0.0605 e. The summed E-state index contributed by atoms with van der Waals surface area (Å²) < 4.78 is 0. The SMILES string of the molecule is C=C(C)N1c2ccccc2C(C)=CC1(C)CC. The lowest BCUT2D eigenvalue weighted by molar-refractivity contribution is 0.527. The Morgan fingerprint density at radius 3 is 2.59 bits per heavy atom. The van der Waals surface area contributed by atoms with E-state index in [1.807, 2.05) is 0 Å². The molecule has 0 bridgehead atoms. The van der Waals surface area contributed by atoms with Crippen LogP contribution in [0.25, 0.3) is 5.57 Å². The third-order valence-electron chi connectivity index (χ3n) is 3.71. The first-order chi connectivity index (χ1) is 7.99. The van der Waals surface area contributed by atoms with E-state index in [4.69, 9.17) is 0 Å². The molecule has 2 rings (SSSR count). The first-order valence-corrected chi connectivity index (χ1v) is 6.24. The molecule has 0 amide bonds. The van der Waals surface area contributed by atoms with E-state index in [1.165, 1.54) is 16.8 Å². The normalized spacial score (nSPS) is 23.1. The van der Waals surface area contributed by atoms with Gasteiger partial charge in [-0.2, -0.15) is 0 Å². The lowest BCUT2D eigenvalue weighted by Crippen LogP contribution is -2.45. The number of rotatable bonds is 2. The first-order valence-electron chi connectivity index (χ1n) is 6.24. The van der Waals surface area contributed by atoms with Crippen LogP contribution < -0.4 is 4.90 Å². The van der Waals surface area contributed by atoms with Crippen molar-refractivity contribution in [1.29, 1.82) is 0 Å². The number of benzene rings is 1. The van der Waals surface area contributed by atoms with Crippen LogP contribution in [0, 0.1) is 0 Å². The Labute approximate surface area is 104 Å². The molecule has 90 valence electrons. The molecule has 1 aliphatic heterocycles. The molecule has 1 aromatic rings. The highest BCUT2D eigenvalue weighted by molar-refractivity contribution is 5.82. The number of fused-ring (bicyclic) bond motifs is 1. The Balaban J connectivity index is 2.67. The molecule has 1 heterocycles. The molecule has 1 atom stereocenters. The van der Waals surface area contributed by atoms with Crippen molar-refractivity contribution in [3.8, 4) is 0 Å². The van der Waals surface area contributed by atoms with Crippen molar-refractivity contribution in [2.75, 3.05) is 4.90 Å². The monoisotopic (exact) mass is 227 g/mol. The van der Waals surface area contributed by atoms with Gasteiger partial charge in [-0.15, -0.1) is 0 Å². The fourth-order valence-corrected chi connectivity index (χ4v) is 2.79. The number of anilines is 1. The standard InChI is InChI=1S/C16H21N/c1-6-16(5)11-13(4)14-9-7-8-10-15(14)17(16)12(2)3/h7-11H,2,6H2,1,3-5H3. The van der Waals surface area contributed by atoms with Gasteiger partial charge in [0.1, 0.15) is 0 Å². The van der Waals surface area contributed by atoms with E-state index in [2.05, 4.69) is 69.5 Å². The van der Waals surface area contributed by atoms with Gasteiger partial charge in [0.15, 0.2) is 0 Å². The molecular weight excluding hydrogens is 206 g/mol. The fourth-order valence-electron chi connectivity index (χ4n) is 2.79. The van der Waals surface area contributed by atoms with Gasteiger partial charge in [-0.3, -0.25) is 0 Å². The molecule has 1 nitrogen and oxygen atoms in total. The molecule has 0 aromatic heterocycles. The Morgan fingerprint density at radius 1 is 1.35 bits per heavy atom. The highest BCUT2D eigenvalue weighted by atomic mass is 15.2. The summed E-state index contributed by atoms with van der Waals surface area (Å²) in [7, 11) is 0. The van der Waals surface area contributed by atoms with Gasteiger partial charge in [0.25, 0.3) is 0 Å². The van der Waals surface area contributed by atoms with E-state index in [0.717, 1.165) is 12.1 Å². The zero-order valence-electron chi connectivity index (χ0n) is 11.2. The predicted molar refractivity (Wildman–Crippen MR) is 76.1 cm³/mol. The Bertz CT molecular complexity index is 484. The molecule has 1 heteroatoms. The zero-order chi connectivity index (χ0) is 12.6.